The average Bonchev–Trinajstić information content (AvgIpc) is 3.52. The molecular formula is C22H30IN3O2. The van der Waals surface area contributed by atoms with Crippen molar-refractivity contribution in [2.45, 2.75) is 24.7 Å². The summed E-state index contributed by atoms with van der Waals surface area (Å²) in [5.74, 6) is 2.36. The predicted molar refractivity (Wildman–Crippen MR) is 125 cm³/mol. The van der Waals surface area contributed by atoms with Crippen molar-refractivity contribution in [1.29, 1.82) is 0 Å². The van der Waals surface area contributed by atoms with Crippen LogP contribution in [0.2, 0.25) is 0 Å². The van der Waals surface area contributed by atoms with Crippen LogP contribution in [0.4, 0.5) is 0 Å². The molecule has 0 spiro atoms. The van der Waals surface area contributed by atoms with Gasteiger partial charge in [-0.25, -0.2) is 0 Å². The lowest BCUT2D eigenvalue weighted by molar-refractivity contribution is 0.354. The van der Waals surface area contributed by atoms with E-state index in [1.807, 2.05) is 19.2 Å². The topological polar surface area (TPSA) is 54.9 Å². The van der Waals surface area contributed by atoms with Gasteiger partial charge in [-0.3, -0.25) is 4.99 Å². The van der Waals surface area contributed by atoms with Crippen LogP contribution < -0.4 is 20.1 Å². The number of guanidine groups is 1. The summed E-state index contributed by atoms with van der Waals surface area (Å²) in [6, 6.07) is 16.8. The van der Waals surface area contributed by atoms with Gasteiger partial charge in [-0.15, -0.1) is 24.0 Å². The number of rotatable bonds is 8. The summed E-state index contributed by atoms with van der Waals surface area (Å²) in [4.78, 5) is 4.35. The van der Waals surface area contributed by atoms with Gasteiger partial charge in [0, 0.05) is 25.6 Å². The predicted octanol–water partition coefficient (Wildman–Crippen LogP) is 3.76. The molecule has 1 fully saturated rings. The van der Waals surface area contributed by atoms with Crippen molar-refractivity contribution in [2.24, 2.45) is 4.99 Å². The minimum Gasteiger partial charge on any atom is -0.493 e. The molecule has 0 atom stereocenters. The summed E-state index contributed by atoms with van der Waals surface area (Å²) in [6.45, 7) is 1.71. The van der Waals surface area contributed by atoms with Gasteiger partial charge in [0.2, 0.25) is 0 Å². The van der Waals surface area contributed by atoms with Gasteiger partial charge in [0.1, 0.15) is 0 Å². The minimum atomic E-state index is 0. The lowest BCUT2D eigenvalue weighted by Crippen LogP contribution is -2.41. The number of nitrogens with one attached hydrogen (secondary N) is 2. The third kappa shape index (κ3) is 5.53. The third-order valence-electron chi connectivity index (χ3n) is 5.21. The first-order chi connectivity index (χ1) is 13.2. The smallest absolute Gasteiger partial charge is 0.191 e. The molecule has 0 radical (unpaired) electrons. The molecule has 6 heteroatoms. The summed E-state index contributed by atoms with van der Waals surface area (Å²) in [5.41, 5.74) is 2.87. The van der Waals surface area contributed by atoms with Gasteiger partial charge in [-0.1, -0.05) is 36.4 Å². The van der Waals surface area contributed by atoms with E-state index in [2.05, 4.69) is 52.0 Å². The number of hydrogen-bond donors (Lipinski definition) is 2. The lowest BCUT2D eigenvalue weighted by Gasteiger charge is -2.19. The van der Waals surface area contributed by atoms with Crippen LogP contribution in [0.25, 0.3) is 0 Å². The van der Waals surface area contributed by atoms with E-state index in [4.69, 9.17) is 9.47 Å². The quantitative estimate of drug-likeness (QED) is 0.333. The largest absolute Gasteiger partial charge is 0.493 e. The second-order valence-corrected chi connectivity index (χ2v) is 6.94. The molecule has 5 nitrogen and oxygen atoms in total. The number of benzene rings is 2. The zero-order valence-electron chi connectivity index (χ0n) is 16.8. The molecule has 0 aromatic heterocycles. The van der Waals surface area contributed by atoms with E-state index in [0.717, 1.165) is 37.0 Å². The van der Waals surface area contributed by atoms with Crippen molar-refractivity contribution >= 4 is 29.9 Å². The maximum atomic E-state index is 5.37. The summed E-state index contributed by atoms with van der Waals surface area (Å²) in [5, 5.41) is 6.89. The van der Waals surface area contributed by atoms with Crippen molar-refractivity contribution in [3.05, 3.63) is 59.7 Å². The Hall–Kier alpha value is -1.96. The van der Waals surface area contributed by atoms with Gasteiger partial charge in [-0.2, -0.15) is 0 Å². The Balaban J connectivity index is 0.00000280. The lowest BCUT2D eigenvalue weighted by atomic mass is 9.96. The molecule has 0 saturated heterocycles. The highest BCUT2D eigenvalue weighted by atomic mass is 127. The van der Waals surface area contributed by atoms with Gasteiger partial charge in [0.25, 0.3) is 0 Å². The molecule has 0 aliphatic heterocycles. The molecule has 2 aromatic rings. The van der Waals surface area contributed by atoms with Crippen molar-refractivity contribution in [2.75, 3.05) is 34.4 Å². The first-order valence-corrected chi connectivity index (χ1v) is 9.42. The fourth-order valence-electron chi connectivity index (χ4n) is 3.35. The highest BCUT2D eigenvalue weighted by molar-refractivity contribution is 14.0. The Morgan fingerprint density at radius 2 is 1.71 bits per heavy atom. The Kier molecular flexibility index (Phi) is 8.41. The van der Waals surface area contributed by atoms with E-state index in [9.17, 15) is 0 Å². The van der Waals surface area contributed by atoms with Crippen LogP contribution in [0.5, 0.6) is 11.5 Å². The Morgan fingerprint density at radius 3 is 2.32 bits per heavy atom. The fourth-order valence-corrected chi connectivity index (χ4v) is 3.35. The highest BCUT2D eigenvalue weighted by Crippen LogP contribution is 2.47. The van der Waals surface area contributed by atoms with Crippen molar-refractivity contribution in [3.63, 3.8) is 0 Å². The van der Waals surface area contributed by atoms with Crippen molar-refractivity contribution < 1.29 is 9.47 Å². The van der Waals surface area contributed by atoms with E-state index < -0.39 is 0 Å². The molecule has 1 aliphatic rings. The standard InChI is InChI=1S/C22H29N3O2.HI/c1-23-21(25-16-22(12-13-22)18-7-5-4-6-8-18)24-14-11-17-9-10-19(26-2)20(15-17)27-3;/h4-10,15H,11-14,16H2,1-3H3,(H2,23,24,25);1H. The third-order valence-corrected chi connectivity index (χ3v) is 5.21. The number of aliphatic imine (C=N–C) groups is 1. The van der Waals surface area contributed by atoms with Crippen LogP contribution >= 0.6 is 24.0 Å². The van der Waals surface area contributed by atoms with Crippen molar-refractivity contribution in [1.82, 2.24) is 10.6 Å². The molecule has 0 heterocycles. The van der Waals surface area contributed by atoms with E-state index in [1.54, 1.807) is 14.2 Å². The molecule has 0 amide bonds. The first-order valence-electron chi connectivity index (χ1n) is 9.42. The molecule has 152 valence electrons. The van der Waals surface area contributed by atoms with E-state index in [-0.39, 0.29) is 29.4 Å². The Morgan fingerprint density at radius 1 is 1.00 bits per heavy atom. The van der Waals surface area contributed by atoms with Gasteiger partial charge >= 0.3 is 0 Å². The molecule has 2 N–H and O–H groups in total. The number of halogens is 1. The minimum absolute atomic E-state index is 0. The number of hydrogen-bond acceptors (Lipinski definition) is 3. The Bertz CT molecular complexity index is 777. The normalized spacial score (nSPS) is 14.6. The van der Waals surface area contributed by atoms with E-state index >= 15 is 0 Å². The van der Waals surface area contributed by atoms with Crippen LogP contribution in [-0.4, -0.2) is 40.3 Å². The number of methoxy groups -OCH3 is 2. The zero-order chi connectivity index (χ0) is 19.1. The van der Waals surface area contributed by atoms with E-state index in [1.165, 1.54) is 24.0 Å². The van der Waals surface area contributed by atoms with Crippen molar-refractivity contribution in [3.8, 4) is 11.5 Å². The molecule has 3 rings (SSSR count). The van der Waals surface area contributed by atoms with Gasteiger partial charge in [0.15, 0.2) is 17.5 Å². The fraction of sp³-hybridized carbons (Fsp3) is 0.409. The van der Waals surface area contributed by atoms with Crippen LogP contribution in [0.1, 0.15) is 24.0 Å². The summed E-state index contributed by atoms with van der Waals surface area (Å²) < 4.78 is 10.7. The highest BCUT2D eigenvalue weighted by Gasteiger charge is 2.43. The summed E-state index contributed by atoms with van der Waals surface area (Å²) in [7, 11) is 5.12. The van der Waals surface area contributed by atoms with Crippen LogP contribution in [0.15, 0.2) is 53.5 Å². The van der Waals surface area contributed by atoms with E-state index in [0.29, 0.717) is 0 Å². The molecule has 1 saturated carbocycles. The molecular weight excluding hydrogens is 465 g/mol. The monoisotopic (exact) mass is 495 g/mol. The van der Waals surface area contributed by atoms with Crippen LogP contribution in [0, 0.1) is 0 Å². The first kappa shape index (κ1) is 22.3. The van der Waals surface area contributed by atoms with Gasteiger partial charge < -0.3 is 20.1 Å². The van der Waals surface area contributed by atoms with Gasteiger partial charge in [-0.05, 0) is 42.5 Å². The number of ether oxygens (including phenoxy) is 2. The summed E-state index contributed by atoms with van der Waals surface area (Å²) >= 11 is 0. The summed E-state index contributed by atoms with van der Waals surface area (Å²) in [6.07, 6.45) is 3.34. The molecule has 0 bridgehead atoms. The second kappa shape index (κ2) is 10.5. The van der Waals surface area contributed by atoms with Gasteiger partial charge in [0.05, 0.1) is 14.2 Å². The SMILES string of the molecule is CN=C(NCCc1ccc(OC)c(OC)c1)NCC1(c2ccccc2)CC1.I. The molecule has 1 aliphatic carbocycles. The van der Waals surface area contributed by atoms with Crippen LogP contribution in [0.3, 0.4) is 0 Å². The Labute approximate surface area is 184 Å². The number of nitrogens with zero attached hydrogens (tertiary/aromatic N) is 1. The van der Waals surface area contributed by atoms with Crippen LogP contribution in [-0.2, 0) is 11.8 Å². The maximum Gasteiger partial charge on any atom is 0.191 e. The molecule has 28 heavy (non-hydrogen) atoms. The molecule has 0 unspecified atom stereocenters. The molecule has 2 aromatic carbocycles. The second-order valence-electron chi connectivity index (χ2n) is 6.94. The zero-order valence-corrected chi connectivity index (χ0v) is 19.2. The average molecular weight is 495 g/mol. The maximum absolute atomic E-state index is 5.37.